The van der Waals surface area contributed by atoms with Crippen LogP contribution in [0.5, 0.6) is 0 Å². The van der Waals surface area contributed by atoms with Crippen molar-refractivity contribution in [3.8, 4) is 22.1 Å². The first-order valence-corrected chi connectivity index (χ1v) is 9.45. The molecule has 8 heteroatoms. The van der Waals surface area contributed by atoms with E-state index in [1.165, 1.54) is 22.4 Å². The van der Waals surface area contributed by atoms with Gasteiger partial charge in [0.1, 0.15) is 4.88 Å². The van der Waals surface area contributed by atoms with E-state index in [0.29, 0.717) is 21.4 Å². The van der Waals surface area contributed by atoms with Crippen LogP contribution in [0.2, 0.25) is 0 Å². The molecule has 0 saturated carbocycles. The number of nitrogens with zero attached hydrogens (tertiary/aromatic N) is 4. The van der Waals surface area contributed by atoms with Crippen molar-refractivity contribution in [3.05, 3.63) is 64.2 Å². The Hall–Kier alpha value is -2.97. The molecule has 0 spiro atoms. The van der Waals surface area contributed by atoms with Crippen molar-refractivity contribution >= 4 is 34.3 Å². The summed E-state index contributed by atoms with van der Waals surface area (Å²) in [5.41, 5.74) is 2.41. The number of aryl methyl sites for hydroxylation is 1. The Balaban J connectivity index is 1.59. The molecule has 4 rings (SSSR count). The van der Waals surface area contributed by atoms with Gasteiger partial charge in [0.2, 0.25) is 0 Å². The molecule has 0 fully saturated rings. The molecule has 0 atom stereocenters. The van der Waals surface area contributed by atoms with E-state index < -0.39 is 0 Å². The third-order valence-corrected chi connectivity index (χ3v) is 5.40. The number of hydrogen-bond acceptors (Lipinski definition) is 7. The normalized spacial score (nSPS) is 10.7. The number of hydrogen-bond donors (Lipinski definition) is 1. The monoisotopic (exact) mass is 379 g/mol. The molecule has 0 unspecified atom stereocenters. The van der Waals surface area contributed by atoms with E-state index in [4.69, 9.17) is 0 Å². The summed E-state index contributed by atoms with van der Waals surface area (Å²) in [5.74, 6) is 0.276. The van der Waals surface area contributed by atoms with E-state index in [0.717, 1.165) is 11.3 Å². The first-order valence-electron chi connectivity index (χ1n) is 7.76. The summed E-state index contributed by atoms with van der Waals surface area (Å²) in [6, 6.07) is 7.44. The van der Waals surface area contributed by atoms with Gasteiger partial charge in [-0.3, -0.25) is 9.78 Å². The Morgan fingerprint density at radius 1 is 1.08 bits per heavy atom. The summed E-state index contributed by atoms with van der Waals surface area (Å²) in [5, 5.41) is 5.57. The van der Waals surface area contributed by atoms with Gasteiger partial charge >= 0.3 is 0 Å². The van der Waals surface area contributed by atoms with Crippen LogP contribution in [0.15, 0.2) is 54.4 Å². The van der Waals surface area contributed by atoms with Gasteiger partial charge < -0.3 is 5.32 Å². The number of rotatable bonds is 4. The number of aromatic nitrogens is 4. The number of amides is 1. The van der Waals surface area contributed by atoms with Gasteiger partial charge in [-0.25, -0.2) is 15.0 Å². The van der Waals surface area contributed by atoms with Crippen molar-refractivity contribution in [1.82, 2.24) is 19.9 Å². The highest BCUT2D eigenvalue weighted by molar-refractivity contribution is 7.17. The van der Waals surface area contributed by atoms with Crippen molar-refractivity contribution in [2.24, 2.45) is 0 Å². The molecule has 6 nitrogen and oxygen atoms in total. The molecule has 0 aliphatic heterocycles. The van der Waals surface area contributed by atoms with E-state index >= 15 is 0 Å². The van der Waals surface area contributed by atoms with Crippen LogP contribution < -0.4 is 5.32 Å². The molecule has 1 amide bonds. The van der Waals surface area contributed by atoms with Gasteiger partial charge in [0, 0.05) is 34.4 Å². The minimum Gasteiger partial charge on any atom is -0.319 e. The molecule has 4 aromatic heterocycles. The van der Waals surface area contributed by atoms with Crippen molar-refractivity contribution in [2.75, 3.05) is 5.32 Å². The molecule has 0 saturated heterocycles. The number of thiophene rings is 1. The van der Waals surface area contributed by atoms with E-state index in [1.54, 1.807) is 42.1 Å². The standard InChI is InChI=1S/C18H13N5OS2/c1-11-8-12(10-25-11)15-13(4-2-5-19-15)23-17(24)14-9-22-18(26-14)16-20-6-3-7-21-16/h2-10H,1H3,(H,23,24). The molecule has 4 aromatic rings. The number of thiazole rings is 1. The summed E-state index contributed by atoms with van der Waals surface area (Å²) in [7, 11) is 0. The fourth-order valence-electron chi connectivity index (χ4n) is 2.38. The second-order valence-electron chi connectivity index (χ2n) is 5.40. The highest BCUT2D eigenvalue weighted by Crippen LogP contribution is 2.30. The Morgan fingerprint density at radius 3 is 2.65 bits per heavy atom. The SMILES string of the molecule is Cc1cc(-c2ncccc2NC(=O)c2cnc(-c3ncccn3)s2)cs1. The van der Waals surface area contributed by atoms with Gasteiger partial charge in [0.15, 0.2) is 10.8 Å². The first kappa shape index (κ1) is 16.5. The van der Waals surface area contributed by atoms with Gasteiger partial charge in [-0.2, -0.15) is 0 Å². The van der Waals surface area contributed by atoms with Crippen LogP contribution in [0.25, 0.3) is 22.1 Å². The second kappa shape index (κ2) is 7.11. The number of anilines is 1. The van der Waals surface area contributed by atoms with Crippen molar-refractivity contribution in [1.29, 1.82) is 0 Å². The molecule has 0 aliphatic rings. The minimum absolute atomic E-state index is 0.231. The number of carbonyl (C=O) groups is 1. The molecule has 0 bridgehead atoms. The van der Waals surface area contributed by atoms with Crippen LogP contribution in [-0.2, 0) is 0 Å². The van der Waals surface area contributed by atoms with Gasteiger partial charge in [-0.15, -0.1) is 22.7 Å². The lowest BCUT2D eigenvalue weighted by atomic mass is 10.1. The van der Waals surface area contributed by atoms with Gasteiger partial charge in [0.25, 0.3) is 5.91 Å². The maximum atomic E-state index is 12.6. The smallest absolute Gasteiger partial charge is 0.267 e. The average molecular weight is 379 g/mol. The number of carbonyl (C=O) groups excluding carboxylic acids is 1. The summed E-state index contributed by atoms with van der Waals surface area (Å²) in [4.78, 5) is 31.3. The molecule has 26 heavy (non-hydrogen) atoms. The quantitative estimate of drug-likeness (QED) is 0.572. The molecule has 128 valence electrons. The predicted molar refractivity (Wildman–Crippen MR) is 103 cm³/mol. The van der Waals surface area contributed by atoms with Crippen molar-refractivity contribution < 1.29 is 4.79 Å². The predicted octanol–water partition coefficient (Wildman–Crippen LogP) is 4.28. The Bertz CT molecular complexity index is 1060. The maximum Gasteiger partial charge on any atom is 0.267 e. The maximum absolute atomic E-state index is 12.6. The molecule has 1 N–H and O–H groups in total. The zero-order valence-electron chi connectivity index (χ0n) is 13.7. The van der Waals surface area contributed by atoms with Crippen LogP contribution in [-0.4, -0.2) is 25.8 Å². The fraction of sp³-hybridized carbons (Fsp3) is 0.0556. The summed E-state index contributed by atoms with van der Waals surface area (Å²) in [6.07, 6.45) is 6.55. The van der Waals surface area contributed by atoms with Crippen LogP contribution >= 0.6 is 22.7 Å². The highest BCUT2D eigenvalue weighted by Gasteiger charge is 2.16. The number of nitrogens with one attached hydrogen (secondary N) is 1. The van der Waals surface area contributed by atoms with E-state index in [9.17, 15) is 4.79 Å². The molecule has 4 heterocycles. The molecule has 0 aliphatic carbocycles. The lowest BCUT2D eigenvalue weighted by molar-refractivity contribution is 0.103. The first-order chi connectivity index (χ1) is 12.7. The Morgan fingerprint density at radius 2 is 1.88 bits per heavy atom. The second-order valence-corrected chi connectivity index (χ2v) is 7.55. The summed E-state index contributed by atoms with van der Waals surface area (Å²) >= 11 is 2.90. The molecule has 0 aromatic carbocycles. The van der Waals surface area contributed by atoms with Gasteiger partial charge in [-0.05, 0) is 31.2 Å². The van der Waals surface area contributed by atoms with Crippen molar-refractivity contribution in [3.63, 3.8) is 0 Å². The third kappa shape index (κ3) is 3.37. The topological polar surface area (TPSA) is 80.7 Å². The Kier molecular flexibility index (Phi) is 4.51. The van der Waals surface area contributed by atoms with Gasteiger partial charge in [-0.1, -0.05) is 0 Å². The highest BCUT2D eigenvalue weighted by atomic mass is 32.1. The minimum atomic E-state index is -0.231. The fourth-order valence-corrected chi connectivity index (χ4v) is 3.83. The lowest BCUT2D eigenvalue weighted by Gasteiger charge is -2.08. The third-order valence-electron chi connectivity index (χ3n) is 3.55. The van der Waals surface area contributed by atoms with Crippen LogP contribution in [0.1, 0.15) is 14.5 Å². The van der Waals surface area contributed by atoms with Crippen LogP contribution in [0.4, 0.5) is 5.69 Å². The average Bonchev–Trinajstić information content (AvgIpc) is 3.32. The van der Waals surface area contributed by atoms with E-state index in [1.807, 2.05) is 18.4 Å². The van der Waals surface area contributed by atoms with Crippen LogP contribution in [0, 0.1) is 6.92 Å². The zero-order chi connectivity index (χ0) is 17.9. The van der Waals surface area contributed by atoms with E-state index in [-0.39, 0.29) is 5.91 Å². The summed E-state index contributed by atoms with van der Waals surface area (Å²) < 4.78 is 0. The zero-order valence-corrected chi connectivity index (χ0v) is 15.3. The molecular formula is C18H13N5OS2. The molecular weight excluding hydrogens is 366 g/mol. The van der Waals surface area contributed by atoms with Crippen LogP contribution in [0.3, 0.4) is 0 Å². The Labute approximate surface area is 157 Å². The van der Waals surface area contributed by atoms with Gasteiger partial charge in [0.05, 0.1) is 17.6 Å². The number of pyridine rings is 1. The summed E-state index contributed by atoms with van der Waals surface area (Å²) in [6.45, 7) is 2.04. The molecule has 0 radical (unpaired) electrons. The lowest BCUT2D eigenvalue weighted by Crippen LogP contribution is -2.11. The van der Waals surface area contributed by atoms with E-state index in [2.05, 4.69) is 31.3 Å². The van der Waals surface area contributed by atoms with Crippen molar-refractivity contribution in [2.45, 2.75) is 6.92 Å². The largest absolute Gasteiger partial charge is 0.319 e.